The molecule has 0 fully saturated rings. The van der Waals surface area contributed by atoms with Gasteiger partial charge in [-0.25, -0.2) is 4.98 Å². The Morgan fingerprint density at radius 3 is 2.63 bits per heavy atom. The smallest absolute Gasteiger partial charge is 0.262 e. The Morgan fingerprint density at radius 2 is 1.97 bits per heavy atom. The summed E-state index contributed by atoms with van der Waals surface area (Å²) in [7, 11) is 0. The number of benzene rings is 1. The molecule has 160 valence electrons. The lowest BCUT2D eigenvalue weighted by Gasteiger charge is -2.17. The summed E-state index contributed by atoms with van der Waals surface area (Å²) in [6.45, 7) is 6.99. The number of carbonyl (C=O) groups is 1. The van der Waals surface area contributed by atoms with Crippen molar-refractivity contribution in [3.8, 4) is 0 Å². The van der Waals surface area contributed by atoms with Crippen molar-refractivity contribution in [1.29, 1.82) is 0 Å². The minimum Gasteiger partial charge on any atom is -0.351 e. The Balaban J connectivity index is 1.85. The maximum Gasteiger partial charge on any atom is 0.262 e. The van der Waals surface area contributed by atoms with Crippen molar-refractivity contribution in [3.05, 3.63) is 62.0 Å². The van der Waals surface area contributed by atoms with Crippen LogP contribution in [-0.2, 0) is 16.0 Å². The summed E-state index contributed by atoms with van der Waals surface area (Å²) in [5.74, 6) is -0.281. The number of hydrogen-bond donors (Lipinski definition) is 1. The highest BCUT2D eigenvalue weighted by molar-refractivity contribution is 7.20. The van der Waals surface area contributed by atoms with Gasteiger partial charge in [0.1, 0.15) is 4.83 Å². The monoisotopic (exact) mass is 449 g/mol. The van der Waals surface area contributed by atoms with E-state index >= 15 is 0 Å². The summed E-state index contributed by atoms with van der Waals surface area (Å²) in [5, 5.41) is 3.86. The second-order valence-electron chi connectivity index (χ2n) is 6.56. The van der Waals surface area contributed by atoms with Crippen LogP contribution in [0, 0.1) is 6.92 Å². The predicted molar refractivity (Wildman–Crippen MR) is 119 cm³/mol. The Kier molecular flexibility index (Phi) is 7.60. The largest absolute Gasteiger partial charge is 0.351 e. The molecule has 1 aromatic carbocycles. The van der Waals surface area contributed by atoms with Gasteiger partial charge in [0, 0.05) is 18.2 Å². The SMILES string of the molecule is CCOC(CNC(=O)c1sc2ncn(Cc3ccccc3Cl)c(=O)c2c1C)OCC. The van der Waals surface area contributed by atoms with Crippen molar-refractivity contribution in [2.45, 2.75) is 33.6 Å². The maximum absolute atomic E-state index is 13.1. The van der Waals surface area contributed by atoms with Crippen molar-refractivity contribution in [2.24, 2.45) is 0 Å². The van der Waals surface area contributed by atoms with Gasteiger partial charge >= 0.3 is 0 Å². The Labute approximate surface area is 183 Å². The van der Waals surface area contributed by atoms with E-state index in [-0.39, 0.29) is 18.0 Å². The third kappa shape index (κ3) is 4.89. The molecule has 0 unspecified atom stereocenters. The average molecular weight is 450 g/mol. The molecule has 3 aromatic rings. The van der Waals surface area contributed by atoms with E-state index in [0.29, 0.717) is 45.4 Å². The van der Waals surface area contributed by atoms with Crippen LogP contribution in [-0.4, -0.2) is 41.5 Å². The van der Waals surface area contributed by atoms with Gasteiger partial charge in [-0.3, -0.25) is 14.2 Å². The number of aryl methyl sites for hydroxylation is 1. The van der Waals surface area contributed by atoms with E-state index in [1.165, 1.54) is 22.2 Å². The van der Waals surface area contributed by atoms with Crippen LogP contribution >= 0.6 is 22.9 Å². The molecule has 0 saturated carbocycles. The lowest BCUT2D eigenvalue weighted by atomic mass is 10.2. The van der Waals surface area contributed by atoms with E-state index < -0.39 is 6.29 Å². The van der Waals surface area contributed by atoms with E-state index in [1.54, 1.807) is 13.0 Å². The van der Waals surface area contributed by atoms with Crippen LogP contribution in [0.15, 0.2) is 35.4 Å². The highest BCUT2D eigenvalue weighted by Crippen LogP contribution is 2.27. The van der Waals surface area contributed by atoms with Gasteiger partial charge in [-0.05, 0) is 38.0 Å². The van der Waals surface area contributed by atoms with Crippen LogP contribution in [0.5, 0.6) is 0 Å². The summed E-state index contributed by atoms with van der Waals surface area (Å²) in [6.07, 6.45) is 0.982. The second-order valence-corrected chi connectivity index (χ2v) is 7.96. The molecule has 0 spiro atoms. The molecule has 0 aliphatic heterocycles. The van der Waals surface area contributed by atoms with Crippen molar-refractivity contribution in [1.82, 2.24) is 14.9 Å². The fraction of sp³-hybridized carbons (Fsp3) is 0.381. The van der Waals surface area contributed by atoms with Gasteiger partial charge in [0.2, 0.25) is 0 Å². The molecule has 0 aliphatic carbocycles. The van der Waals surface area contributed by atoms with Crippen molar-refractivity contribution >= 4 is 39.1 Å². The topological polar surface area (TPSA) is 82.5 Å². The zero-order chi connectivity index (χ0) is 21.7. The van der Waals surface area contributed by atoms with Crippen LogP contribution in [0.2, 0.25) is 5.02 Å². The molecule has 7 nitrogen and oxygen atoms in total. The standard InChI is InChI=1S/C21H24ClN3O4S/c1-4-28-16(29-5-2)10-23-19(26)18-13(3)17-20(30-18)24-12-25(21(17)27)11-14-8-6-7-9-15(14)22/h6-9,12,16H,4-5,10-11H2,1-3H3,(H,23,26). The second kappa shape index (κ2) is 10.2. The minimum absolute atomic E-state index is 0.200. The lowest BCUT2D eigenvalue weighted by Crippen LogP contribution is -2.35. The molecule has 0 radical (unpaired) electrons. The van der Waals surface area contributed by atoms with Crippen LogP contribution < -0.4 is 10.9 Å². The predicted octanol–water partition coefficient (Wildman–Crippen LogP) is 3.60. The quantitative estimate of drug-likeness (QED) is 0.505. The molecule has 0 saturated heterocycles. The first-order valence-corrected chi connectivity index (χ1v) is 10.9. The third-order valence-corrected chi connectivity index (χ3v) is 6.12. The van der Waals surface area contributed by atoms with Crippen molar-refractivity contribution < 1.29 is 14.3 Å². The number of nitrogens with one attached hydrogen (secondary N) is 1. The lowest BCUT2D eigenvalue weighted by molar-refractivity contribution is -0.131. The van der Waals surface area contributed by atoms with Crippen molar-refractivity contribution in [2.75, 3.05) is 19.8 Å². The Morgan fingerprint density at radius 1 is 1.27 bits per heavy atom. The van der Waals surface area contributed by atoms with Gasteiger partial charge in [0.05, 0.1) is 29.7 Å². The number of thiophene rings is 1. The molecular formula is C21H24ClN3O4S. The number of carbonyl (C=O) groups excluding carboxylic acids is 1. The molecule has 0 bridgehead atoms. The van der Waals surface area contributed by atoms with E-state index in [9.17, 15) is 9.59 Å². The third-order valence-electron chi connectivity index (χ3n) is 4.56. The molecule has 0 aliphatic rings. The molecule has 9 heteroatoms. The first-order chi connectivity index (χ1) is 14.5. The summed E-state index contributed by atoms with van der Waals surface area (Å²) >= 11 is 7.42. The molecule has 1 amide bonds. The van der Waals surface area contributed by atoms with Gasteiger partial charge in [-0.2, -0.15) is 0 Å². The normalized spacial score (nSPS) is 11.4. The molecule has 1 N–H and O–H groups in total. The van der Waals surface area contributed by atoms with Gasteiger partial charge in [-0.15, -0.1) is 11.3 Å². The Hall–Kier alpha value is -2.26. The average Bonchev–Trinajstić information content (AvgIpc) is 3.07. The van der Waals surface area contributed by atoms with Crippen molar-refractivity contribution in [3.63, 3.8) is 0 Å². The zero-order valence-corrected chi connectivity index (χ0v) is 18.7. The zero-order valence-electron chi connectivity index (χ0n) is 17.1. The number of ether oxygens (including phenoxy) is 2. The molecular weight excluding hydrogens is 426 g/mol. The summed E-state index contributed by atoms with van der Waals surface area (Å²) < 4.78 is 12.4. The van der Waals surface area contributed by atoms with Gasteiger partial charge in [0.15, 0.2) is 6.29 Å². The van der Waals surface area contributed by atoms with E-state index in [2.05, 4.69) is 10.3 Å². The number of nitrogens with zero attached hydrogens (tertiary/aromatic N) is 2. The van der Waals surface area contributed by atoms with Crippen LogP contribution in [0.4, 0.5) is 0 Å². The number of fused-ring (bicyclic) bond motifs is 1. The van der Waals surface area contributed by atoms with Crippen LogP contribution in [0.1, 0.15) is 34.6 Å². The molecule has 0 atom stereocenters. The first kappa shape index (κ1) is 22.4. The van der Waals surface area contributed by atoms with Gasteiger partial charge in [-0.1, -0.05) is 29.8 Å². The number of aromatic nitrogens is 2. The molecule has 2 aromatic heterocycles. The number of rotatable bonds is 9. The number of hydrogen-bond acceptors (Lipinski definition) is 6. The fourth-order valence-electron chi connectivity index (χ4n) is 3.09. The maximum atomic E-state index is 13.1. The summed E-state index contributed by atoms with van der Waals surface area (Å²) in [6, 6.07) is 7.36. The molecule has 2 heterocycles. The van der Waals surface area contributed by atoms with E-state index in [0.717, 1.165) is 5.56 Å². The highest BCUT2D eigenvalue weighted by Gasteiger charge is 2.20. The van der Waals surface area contributed by atoms with E-state index in [4.69, 9.17) is 21.1 Å². The van der Waals surface area contributed by atoms with Crippen LogP contribution in [0.25, 0.3) is 10.2 Å². The Bertz CT molecular complexity index is 1090. The van der Waals surface area contributed by atoms with Crippen LogP contribution in [0.3, 0.4) is 0 Å². The highest BCUT2D eigenvalue weighted by atomic mass is 35.5. The fourth-order valence-corrected chi connectivity index (χ4v) is 4.34. The van der Waals surface area contributed by atoms with Gasteiger partial charge < -0.3 is 14.8 Å². The number of amides is 1. The minimum atomic E-state index is -0.510. The summed E-state index contributed by atoms with van der Waals surface area (Å²) in [4.78, 5) is 31.1. The van der Waals surface area contributed by atoms with Gasteiger partial charge in [0.25, 0.3) is 11.5 Å². The van der Waals surface area contributed by atoms with E-state index in [1.807, 2.05) is 32.0 Å². The molecule has 3 rings (SSSR count). The molecule has 30 heavy (non-hydrogen) atoms. The number of halogens is 1. The first-order valence-electron chi connectivity index (χ1n) is 9.69. The summed E-state index contributed by atoms with van der Waals surface area (Å²) in [5.41, 5.74) is 1.24.